The van der Waals surface area contributed by atoms with E-state index >= 15 is 0 Å². The first-order valence-corrected chi connectivity index (χ1v) is 7.54. The molecule has 1 aromatic heterocycles. The standard InChI is InChI=1S/C11H15BrClNOS/c1-8-6-15-10(3-13)4-14(8)5-11-2-9(12)7-16-11/h2,7-8,10H,3-6H2,1H3. The van der Waals surface area contributed by atoms with E-state index in [0.29, 0.717) is 11.9 Å². The number of alkyl halides is 1. The molecular formula is C11H15BrClNOS. The summed E-state index contributed by atoms with van der Waals surface area (Å²) >= 11 is 11.1. The lowest BCUT2D eigenvalue weighted by atomic mass is 10.2. The highest BCUT2D eigenvalue weighted by Crippen LogP contribution is 2.23. The Labute approximate surface area is 114 Å². The molecule has 2 atom stereocenters. The zero-order chi connectivity index (χ0) is 11.5. The van der Waals surface area contributed by atoms with E-state index < -0.39 is 0 Å². The van der Waals surface area contributed by atoms with Crippen LogP contribution in [-0.2, 0) is 11.3 Å². The highest BCUT2D eigenvalue weighted by molar-refractivity contribution is 9.10. The number of thiophene rings is 1. The molecule has 1 aliphatic rings. The van der Waals surface area contributed by atoms with Crippen LogP contribution in [0.15, 0.2) is 15.9 Å². The molecule has 0 radical (unpaired) electrons. The van der Waals surface area contributed by atoms with Crippen molar-refractivity contribution in [2.45, 2.75) is 25.6 Å². The van der Waals surface area contributed by atoms with Crippen molar-refractivity contribution in [2.75, 3.05) is 19.0 Å². The van der Waals surface area contributed by atoms with Crippen LogP contribution in [0.5, 0.6) is 0 Å². The summed E-state index contributed by atoms with van der Waals surface area (Å²) < 4.78 is 6.80. The molecule has 0 aliphatic carbocycles. The van der Waals surface area contributed by atoms with E-state index in [0.717, 1.165) is 19.7 Å². The fourth-order valence-corrected chi connectivity index (χ4v) is 3.49. The Morgan fingerprint density at radius 2 is 2.50 bits per heavy atom. The molecule has 0 spiro atoms. The largest absolute Gasteiger partial charge is 0.374 e. The van der Waals surface area contributed by atoms with Crippen LogP contribution in [0.4, 0.5) is 0 Å². The molecule has 2 heterocycles. The number of hydrogen-bond donors (Lipinski definition) is 0. The zero-order valence-corrected chi connectivity index (χ0v) is 12.3. The van der Waals surface area contributed by atoms with E-state index in [1.54, 1.807) is 11.3 Å². The van der Waals surface area contributed by atoms with Gasteiger partial charge in [-0.2, -0.15) is 0 Å². The van der Waals surface area contributed by atoms with Gasteiger partial charge in [0.2, 0.25) is 0 Å². The summed E-state index contributed by atoms with van der Waals surface area (Å²) in [5.41, 5.74) is 0. The summed E-state index contributed by atoms with van der Waals surface area (Å²) in [5.74, 6) is 0.581. The first-order valence-electron chi connectivity index (χ1n) is 5.33. The third kappa shape index (κ3) is 3.20. The lowest BCUT2D eigenvalue weighted by Crippen LogP contribution is -2.48. The average Bonchev–Trinajstić information content (AvgIpc) is 2.67. The van der Waals surface area contributed by atoms with Gasteiger partial charge in [-0.1, -0.05) is 0 Å². The number of nitrogens with zero attached hydrogens (tertiary/aromatic N) is 1. The van der Waals surface area contributed by atoms with Crippen LogP contribution in [0, 0.1) is 0 Å². The molecule has 2 unspecified atom stereocenters. The molecule has 1 saturated heterocycles. The van der Waals surface area contributed by atoms with E-state index in [2.05, 4.69) is 39.2 Å². The Morgan fingerprint density at radius 1 is 1.69 bits per heavy atom. The van der Waals surface area contributed by atoms with Crippen LogP contribution in [0.25, 0.3) is 0 Å². The second-order valence-electron chi connectivity index (χ2n) is 4.12. The molecule has 0 saturated carbocycles. The van der Waals surface area contributed by atoms with E-state index in [4.69, 9.17) is 16.3 Å². The third-order valence-electron chi connectivity index (χ3n) is 2.79. The van der Waals surface area contributed by atoms with Crippen LogP contribution in [0.1, 0.15) is 11.8 Å². The quantitative estimate of drug-likeness (QED) is 0.791. The van der Waals surface area contributed by atoms with Crippen molar-refractivity contribution in [3.8, 4) is 0 Å². The smallest absolute Gasteiger partial charge is 0.0838 e. The van der Waals surface area contributed by atoms with Crippen LogP contribution >= 0.6 is 38.9 Å². The van der Waals surface area contributed by atoms with Crippen molar-refractivity contribution in [3.05, 3.63) is 20.8 Å². The molecule has 0 aromatic carbocycles. The Bertz CT molecular complexity index is 346. The van der Waals surface area contributed by atoms with Gasteiger partial charge in [0.25, 0.3) is 0 Å². The molecule has 2 nitrogen and oxygen atoms in total. The van der Waals surface area contributed by atoms with Gasteiger partial charge in [-0.05, 0) is 28.9 Å². The van der Waals surface area contributed by atoms with Crippen molar-refractivity contribution in [1.29, 1.82) is 0 Å². The first-order chi connectivity index (χ1) is 7.69. The summed E-state index contributed by atoms with van der Waals surface area (Å²) in [6.45, 7) is 4.91. The van der Waals surface area contributed by atoms with Gasteiger partial charge in [0.15, 0.2) is 0 Å². The molecular weight excluding hydrogens is 310 g/mol. The summed E-state index contributed by atoms with van der Waals surface area (Å²) in [7, 11) is 0. The molecule has 0 bridgehead atoms. The van der Waals surface area contributed by atoms with E-state index in [1.807, 2.05) is 0 Å². The topological polar surface area (TPSA) is 12.5 Å². The van der Waals surface area contributed by atoms with Crippen molar-refractivity contribution >= 4 is 38.9 Å². The number of halogens is 2. The monoisotopic (exact) mass is 323 g/mol. The molecule has 16 heavy (non-hydrogen) atoms. The van der Waals surface area contributed by atoms with Gasteiger partial charge in [-0.3, -0.25) is 4.90 Å². The van der Waals surface area contributed by atoms with Gasteiger partial charge >= 0.3 is 0 Å². The highest BCUT2D eigenvalue weighted by Gasteiger charge is 2.25. The Kier molecular flexibility index (Phi) is 4.67. The van der Waals surface area contributed by atoms with Gasteiger partial charge in [-0.15, -0.1) is 22.9 Å². The van der Waals surface area contributed by atoms with Gasteiger partial charge < -0.3 is 4.74 Å². The van der Waals surface area contributed by atoms with E-state index in [1.165, 1.54) is 9.35 Å². The number of morpholine rings is 1. The van der Waals surface area contributed by atoms with Gasteiger partial charge in [-0.25, -0.2) is 0 Å². The number of rotatable bonds is 3. The maximum absolute atomic E-state index is 5.84. The van der Waals surface area contributed by atoms with Gasteiger partial charge in [0.1, 0.15) is 0 Å². The van der Waals surface area contributed by atoms with Crippen molar-refractivity contribution in [3.63, 3.8) is 0 Å². The number of ether oxygens (including phenoxy) is 1. The van der Waals surface area contributed by atoms with Crippen LogP contribution < -0.4 is 0 Å². The fourth-order valence-electron chi connectivity index (χ4n) is 1.83. The molecule has 0 amide bonds. The minimum absolute atomic E-state index is 0.182. The minimum atomic E-state index is 0.182. The Balaban J connectivity index is 1.96. The SMILES string of the molecule is CC1COC(CCl)CN1Cc1cc(Br)cs1. The van der Waals surface area contributed by atoms with Crippen molar-refractivity contribution in [1.82, 2.24) is 4.90 Å². The average molecular weight is 325 g/mol. The highest BCUT2D eigenvalue weighted by atomic mass is 79.9. The van der Waals surface area contributed by atoms with Crippen LogP contribution in [0.2, 0.25) is 0 Å². The summed E-state index contributed by atoms with van der Waals surface area (Å²) in [4.78, 5) is 3.82. The maximum atomic E-state index is 5.84. The predicted molar refractivity (Wildman–Crippen MR) is 72.4 cm³/mol. The second-order valence-corrected chi connectivity index (χ2v) is 6.34. The summed E-state index contributed by atoms with van der Waals surface area (Å²) in [5, 5.41) is 2.12. The molecule has 0 N–H and O–H groups in total. The third-order valence-corrected chi connectivity index (χ3v) is 4.81. The van der Waals surface area contributed by atoms with E-state index in [-0.39, 0.29) is 6.10 Å². The normalized spacial score (nSPS) is 27.2. The lowest BCUT2D eigenvalue weighted by Gasteiger charge is -2.37. The molecule has 1 aromatic rings. The lowest BCUT2D eigenvalue weighted by molar-refractivity contribution is -0.0507. The Hall–Kier alpha value is 0.390. The van der Waals surface area contributed by atoms with E-state index in [9.17, 15) is 0 Å². The van der Waals surface area contributed by atoms with Crippen LogP contribution in [-0.4, -0.2) is 36.1 Å². The fraction of sp³-hybridized carbons (Fsp3) is 0.636. The second kappa shape index (κ2) is 5.83. The van der Waals surface area contributed by atoms with Crippen molar-refractivity contribution < 1.29 is 4.74 Å². The van der Waals surface area contributed by atoms with Gasteiger partial charge in [0.05, 0.1) is 12.7 Å². The number of hydrogen-bond acceptors (Lipinski definition) is 3. The predicted octanol–water partition coefficient (Wildman–Crippen LogP) is 3.34. The molecule has 90 valence electrons. The summed E-state index contributed by atoms with van der Waals surface area (Å²) in [6, 6.07) is 2.66. The van der Waals surface area contributed by atoms with Gasteiger partial charge in [0, 0.05) is 39.7 Å². The van der Waals surface area contributed by atoms with Crippen LogP contribution in [0.3, 0.4) is 0 Å². The molecule has 5 heteroatoms. The zero-order valence-electron chi connectivity index (χ0n) is 9.16. The van der Waals surface area contributed by atoms with Crippen molar-refractivity contribution in [2.24, 2.45) is 0 Å². The summed E-state index contributed by atoms with van der Waals surface area (Å²) in [6.07, 6.45) is 0.182. The maximum Gasteiger partial charge on any atom is 0.0838 e. The Morgan fingerprint density at radius 3 is 3.12 bits per heavy atom. The molecule has 1 aliphatic heterocycles. The molecule has 2 rings (SSSR count). The first kappa shape index (κ1) is 12.8. The molecule has 1 fully saturated rings. The minimum Gasteiger partial charge on any atom is -0.374 e.